The second-order valence-electron chi connectivity index (χ2n) is 3.17. The van der Waals surface area contributed by atoms with Gasteiger partial charge in [0.15, 0.2) is 0 Å². The van der Waals surface area contributed by atoms with Gasteiger partial charge < -0.3 is 25.0 Å². The Labute approximate surface area is 78.5 Å². The third kappa shape index (κ3) is 6.92. The van der Waals surface area contributed by atoms with E-state index in [1.165, 1.54) is 7.11 Å². The summed E-state index contributed by atoms with van der Waals surface area (Å²) in [5, 5.41) is 26.9. The quantitative estimate of drug-likeness (QED) is 0.448. The molecule has 0 rings (SSSR count). The maximum Gasteiger partial charge on any atom is 0.0899 e. The molecule has 5 heteroatoms. The normalized spacial score (nSPS) is 16.2. The number of hydrogen-bond donors (Lipinski definition) is 3. The highest BCUT2D eigenvalue weighted by Gasteiger charge is 2.10. The molecule has 0 bridgehead atoms. The highest BCUT2D eigenvalue weighted by atomic mass is 16.5. The molecule has 0 saturated carbocycles. The molecule has 0 radical (unpaired) electrons. The molecule has 0 aliphatic carbocycles. The molecule has 5 nitrogen and oxygen atoms in total. The molecule has 0 aliphatic rings. The summed E-state index contributed by atoms with van der Waals surface area (Å²) in [6, 6.07) is 0. The van der Waals surface area contributed by atoms with Crippen LogP contribution in [-0.4, -0.2) is 72.9 Å². The standard InChI is InChI=1S/C8H19NO4/c1-9(3-7(11)5-10)4-8(12)6-13-2/h7-8,10-12H,3-6H2,1-2H3. The van der Waals surface area contributed by atoms with E-state index in [2.05, 4.69) is 0 Å². The maximum atomic E-state index is 9.29. The Kier molecular flexibility index (Phi) is 7.12. The number of rotatable bonds is 7. The van der Waals surface area contributed by atoms with Crippen LogP contribution in [0.3, 0.4) is 0 Å². The molecule has 0 aliphatic heterocycles. The molecule has 80 valence electrons. The van der Waals surface area contributed by atoms with Gasteiger partial charge in [-0.25, -0.2) is 0 Å². The molecule has 2 unspecified atom stereocenters. The van der Waals surface area contributed by atoms with E-state index >= 15 is 0 Å². The Balaban J connectivity index is 3.54. The summed E-state index contributed by atoms with van der Waals surface area (Å²) in [7, 11) is 3.28. The van der Waals surface area contributed by atoms with E-state index in [0.29, 0.717) is 13.1 Å². The van der Waals surface area contributed by atoms with Crippen LogP contribution in [0.5, 0.6) is 0 Å². The van der Waals surface area contributed by atoms with Gasteiger partial charge in [-0.15, -0.1) is 0 Å². The number of methoxy groups -OCH3 is 1. The minimum atomic E-state index is -0.750. The lowest BCUT2D eigenvalue weighted by Gasteiger charge is -2.21. The second kappa shape index (κ2) is 7.23. The molecule has 0 heterocycles. The summed E-state index contributed by atoms with van der Waals surface area (Å²) >= 11 is 0. The third-order valence-electron chi connectivity index (χ3n) is 1.61. The van der Waals surface area contributed by atoms with Crippen LogP contribution in [0.15, 0.2) is 0 Å². The fourth-order valence-corrected chi connectivity index (χ4v) is 1.10. The Morgan fingerprint density at radius 3 is 2.23 bits per heavy atom. The van der Waals surface area contributed by atoms with Crippen LogP contribution in [0.25, 0.3) is 0 Å². The predicted octanol–water partition coefficient (Wildman–Crippen LogP) is -1.72. The van der Waals surface area contributed by atoms with Crippen LogP contribution >= 0.6 is 0 Å². The van der Waals surface area contributed by atoms with Crippen LogP contribution in [0.4, 0.5) is 0 Å². The fourth-order valence-electron chi connectivity index (χ4n) is 1.10. The topological polar surface area (TPSA) is 73.2 Å². The van der Waals surface area contributed by atoms with Crippen LogP contribution in [0.1, 0.15) is 0 Å². The fraction of sp³-hybridized carbons (Fsp3) is 1.00. The van der Waals surface area contributed by atoms with Crippen LogP contribution in [0, 0.1) is 0 Å². The van der Waals surface area contributed by atoms with Crippen LogP contribution in [0.2, 0.25) is 0 Å². The second-order valence-corrected chi connectivity index (χ2v) is 3.17. The van der Waals surface area contributed by atoms with Crippen molar-refractivity contribution >= 4 is 0 Å². The van der Waals surface area contributed by atoms with Crippen molar-refractivity contribution in [3.8, 4) is 0 Å². The monoisotopic (exact) mass is 193 g/mol. The number of likely N-dealkylation sites (N-methyl/N-ethyl adjacent to an activating group) is 1. The molecule has 3 N–H and O–H groups in total. The molecule has 0 aromatic carbocycles. The largest absolute Gasteiger partial charge is 0.394 e. The Morgan fingerprint density at radius 2 is 1.77 bits per heavy atom. The number of aliphatic hydroxyl groups is 3. The molecule has 0 aromatic heterocycles. The van der Waals surface area contributed by atoms with E-state index in [1.807, 2.05) is 0 Å². The lowest BCUT2D eigenvalue weighted by Crippen LogP contribution is -2.37. The van der Waals surface area contributed by atoms with Crippen molar-refractivity contribution in [1.29, 1.82) is 0 Å². The van der Waals surface area contributed by atoms with Crippen molar-refractivity contribution in [2.24, 2.45) is 0 Å². The minimum Gasteiger partial charge on any atom is -0.394 e. The van der Waals surface area contributed by atoms with Gasteiger partial charge in [0.05, 0.1) is 25.4 Å². The highest BCUT2D eigenvalue weighted by molar-refractivity contribution is 4.64. The zero-order valence-electron chi connectivity index (χ0n) is 8.18. The van der Waals surface area contributed by atoms with Gasteiger partial charge in [-0.1, -0.05) is 0 Å². The summed E-state index contributed by atoms with van der Waals surface area (Å²) < 4.78 is 4.75. The van der Waals surface area contributed by atoms with Gasteiger partial charge in [0.25, 0.3) is 0 Å². The van der Waals surface area contributed by atoms with Gasteiger partial charge in [0, 0.05) is 20.2 Å². The zero-order chi connectivity index (χ0) is 10.3. The first-order valence-corrected chi connectivity index (χ1v) is 4.24. The molecule has 0 fully saturated rings. The maximum absolute atomic E-state index is 9.29. The number of ether oxygens (including phenoxy) is 1. The molecular weight excluding hydrogens is 174 g/mol. The highest BCUT2D eigenvalue weighted by Crippen LogP contribution is 1.92. The van der Waals surface area contributed by atoms with Gasteiger partial charge >= 0.3 is 0 Å². The molecule has 2 atom stereocenters. The summed E-state index contributed by atoms with van der Waals surface area (Å²) in [6.07, 6.45) is -1.30. The van der Waals surface area contributed by atoms with Gasteiger partial charge in [-0.05, 0) is 7.05 Å². The molecule has 0 amide bonds. The third-order valence-corrected chi connectivity index (χ3v) is 1.61. The average Bonchev–Trinajstić information content (AvgIpc) is 2.04. The van der Waals surface area contributed by atoms with Gasteiger partial charge in [-0.2, -0.15) is 0 Å². The first-order chi connectivity index (χ1) is 6.10. The first kappa shape index (κ1) is 12.8. The average molecular weight is 193 g/mol. The van der Waals surface area contributed by atoms with Crippen molar-refractivity contribution < 1.29 is 20.1 Å². The van der Waals surface area contributed by atoms with Gasteiger partial charge in [0.1, 0.15) is 0 Å². The van der Waals surface area contributed by atoms with E-state index < -0.39 is 12.2 Å². The SMILES string of the molecule is COCC(O)CN(C)CC(O)CO. The van der Waals surface area contributed by atoms with E-state index in [-0.39, 0.29) is 13.2 Å². The van der Waals surface area contributed by atoms with Gasteiger partial charge in [-0.3, -0.25) is 0 Å². The van der Waals surface area contributed by atoms with Gasteiger partial charge in [0.2, 0.25) is 0 Å². The van der Waals surface area contributed by atoms with Crippen molar-refractivity contribution in [3.63, 3.8) is 0 Å². The molecular formula is C8H19NO4. The Bertz CT molecular complexity index is 123. The zero-order valence-corrected chi connectivity index (χ0v) is 8.18. The summed E-state index contributed by atoms with van der Waals surface area (Å²) in [4.78, 5) is 1.74. The minimum absolute atomic E-state index is 0.259. The molecule has 0 spiro atoms. The van der Waals surface area contributed by atoms with Crippen molar-refractivity contribution in [1.82, 2.24) is 4.90 Å². The molecule has 0 aromatic rings. The Hall–Kier alpha value is -0.200. The van der Waals surface area contributed by atoms with E-state index in [9.17, 15) is 5.11 Å². The van der Waals surface area contributed by atoms with Crippen LogP contribution in [-0.2, 0) is 4.74 Å². The lowest BCUT2D eigenvalue weighted by molar-refractivity contribution is 0.0216. The number of hydrogen-bond acceptors (Lipinski definition) is 5. The molecule has 13 heavy (non-hydrogen) atoms. The van der Waals surface area contributed by atoms with Crippen LogP contribution < -0.4 is 0 Å². The van der Waals surface area contributed by atoms with Crippen molar-refractivity contribution in [2.45, 2.75) is 12.2 Å². The van der Waals surface area contributed by atoms with Crippen molar-refractivity contribution in [2.75, 3.05) is 40.5 Å². The summed E-state index contributed by atoms with van der Waals surface area (Å²) in [6.45, 7) is 0.784. The number of aliphatic hydroxyl groups excluding tert-OH is 3. The predicted molar refractivity (Wildman–Crippen MR) is 48.5 cm³/mol. The number of nitrogens with zero attached hydrogens (tertiary/aromatic N) is 1. The summed E-state index contributed by atoms with van der Waals surface area (Å²) in [5.74, 6) is 0. The Morgan fingerprint density at radius 1 is 1.23 bits per heavy atom. The van der Waals surface area contributed by atoms with E-state index in [4.69, 9.17) is 14.9 Å². The summed E-state index contributed by atoms with van der Waals surface area (Å²) in [5.41, 5.74) is 0. The first-order valence-electron chi connectivity index (χ1n) is 4.24. The molecule has 0 saturated heterocycles. The van der Waals surface area contributed by atoms with E-state index in [0.717, 1.165) is 0 Å². The van der Waals surface area contributed by atoms with E-state index in [1.54, 1.807) is 11.9 Å². The van der Waals surface area contributed by atoms with Crippen molar-refractivity contribution in [3.05, 3.63) is 0 Å². The lowest BCUT2D eigenvalue weighted by atomic mass is 10.3. The smallest absolute Gasteiger partial charge is 0.0899 e.